The molecule has 21 heavy (non-hydrogen) atoms. The molecule has 1 saturated carbocycles. The molecule has 4 nitrogen and oxygen atoms in total. The van der Waals surface area contributed by atoms with Crippen LogP contribution in [0, 0.1) is 23.5 Å². The van der Waals surface area contributed by atoms with E-state index in [0.717, 1.165) is 12.1 Å². The molecule has 0 unspecified atom stereocenters. The van der Waals surface area contributed by atoms with Gasteiger partial charge in [-0.3, -0.25) is 9.59 Å². The predicted molar refractivity (Wildman–Crippen MR) is 69.5 cm³/mol. The Morgan fingerprint density at radius 1 is 1.24 bits per heavy atom. The average molecular weight is 295 g/mol. The largest absolute Gasteiger partial charge is 0.481 e. The van der Waals surface area contributed by atoms with Gasteiger partial charge < -0.3 is 10.0 Å². The molecule has 0 radical (unpaired) electrons. The fraction of sp³-hybridized carbons (Fsp3) is 0.467. The molecule has 1 heterocycles. The van der Waals surface area contributed by atoms with Crippen molar-refractivity contribution in [3.05, 3.63) is 35.4 Å². The molecule has 0 spiro atoms. The summed E-state index contributed by atoms with van der Waals surface area (Å²) < 4.78 is 26.1. The van der Waals surface area contributed by atoms with E-state index in [4.69, 9.17) is 5.11 Å². The van der Waals surface area contributed by atoms with E-state index in [-0.39, 0.29) is 24.3 Å². The van der Waals surface area contributed by atoms with Crippen molar-refractivity contribution in [1.29, 1.82) is 0 Å². The minimum atomic E-state index is -0.905. The molecule has 3 rings (SSSR count). The van der Waals surface area contributed by atoms with E-state index in [1.165, 1.54) is 6.07 Å². The molecule has 2 fully saturated rings. The third-order valence-corrected chi connectivity index (χ3v) is 4.33. The van der Waals surface area contributed by atoms with Gasteiger partial charge in [-0.05, 0) is 36.5 Å². The van der Waals surface area contributed by atoms with Crippen LogP contribution in [0.25, 0.3) is 0 Å². The van der Waals surface area contributed by atoms with Crippen molar-refractivity contribution in [2.75, 3.05) is 13.1 Å². The van der Waals surface area contributed by atoms with Gasteiger partial charge >= 0.3 is 5.97 Å². The van der Waals surface area contributed by atoms with Crippen LogP contribution in [0.2, 0.25) is 0 Å². The lowest BCUT2D eigenvalue weighted by Gasteiger charge is -2.15. The Labute approximate surface area is 120 Å². The van der Waals surface area contributed by atoms with Gasteiger partial charge in [0.25, 0.3) is 0 Å². The Bertz CT molecular complexity index is 605. The number of carbonyl (C=O) groups is 2. The van der Waals surface area contributed by atoms with E-state index in [0.29, 0.717) is 24.9 Å². The van der Waals surface area contributed by atoms with E-state index < -0.39 is 23.5 Å². The zero-order valence-corrected chi connectivity index (χ0v) is 11.3. The zero-order valence-electron chi connectivity index (χ0n) is 11.3. The molecule has 1 aromatic carbocycles. The minimum absolute atomic E-state index is 0.0755. The number of likely N-dealkylation sites (tertiary alicyclic amines) is 1. The number of rotatable bonds is 3. The maximum atomic E-state index is 13.2. The summed E-state index contributed by atoms with van der Waals surface area (Å²) in [6, 6.07) is 3.71. The second kappa shape index (κ2) is 5.09. The molecule has 1 aromatic rings. The van der Waals surface area contributed by atoms with Crippen LogP contribution in [0.4, 0.5) is 8.78 Å². The Hall–Kier alpha value is -1.98. The second-order valence-corrected chi connectivity index (χ2v) is 5.73. The summed E-state index contributed by atoms with van der Waals surface area (Å²) in [5.74, 6) is -3.57. The van der Waals surface area contributed by atoms with Crippen molar-refractivity contribution in [1.82, 2.24) is 4.90 Å². The summed E-state index contributed by atoms with van der Waals surface area (Å²) in [7, 11) is 0. The van der Waals surface area contributed by atoms with E-state index in [9.17, 15) is 18.4 Å². The lowest BCUT2D eigenvalue weighted by atomic mass is 10.1. The highest BCUT2D eigenvalue weighted by Gasteiger charge is 2.47. The first-order valence-electron chi connectivity index (χ1n) is 6.94. The topological polar surface area (TPSA) is 57.6 Å². The Morgan fingerprint density at radius 3 is 2.62 bits per heavy atom. The molecule has 0 aromatic heterocycles. The van der Waals surface area contributed by atoms with Gasteiger partial charge in [0.1, 0.15) is 0 Å². The third kappa shape index (κ3) is 2.62. The highest BCUT2D eigenvalue weighted by atomic mass is 19.2. The number of benzene rings is 1. The second-order valence-electron chi connectivity index (χ2n) is 5.73. The Kier molecular flexibility index (Phi) is 3.39. The number of nitrogens with zero attached hydrogens (tertiary/aromatic N) is 1. The van der Waals surface area contributed by atoms with Crippen LogP contribution in [0.1, 0.15) is 24.3 Å². The lowest BCUT2D eigenvalue weighted by molar-refractivity contribution is -0.141. The van der Waals surface area contributed by atoms with Crippen LogP contribution in [-0.4, -0.2) is 35.0 Å². The third-order valence-electron chi connectivity index (χ3n) is 4.33. The summed E-state index contributed by atoms with van der Waals surface area (Å²) >= 11 is 0. The van der Waals surface area contributed by atoms with Gasteiger partial charge in [-0.1, -0.05) is 6.07 Å². The molecular formula is C15H15F2NO3. The SMILES string of the molecule is O=C(O)[C@@H]1CCN(C(=O)[C@@H]2C[C@@H]2c2ccc(F)c(F)c2)C1. The van der Waals surface area contributed by atoms with Crippen LogP contribution in [0.5, 0.6) is 0 Å². The molecule has 1 amide bonds. The van der Waals surface area contributed by atoms with Crippen LogP contribution < -0.4 is 0 Å². The summed E-state index contributed by atoms with van der Waals surface area (Å²) in [5.41, 5.74) is 0.626. The average Bonchev–Trinajstić information content (AvgIpc) is 3.08. The predicted octanol–water partition coefficient (Wildman–Crippen LogP) is 2.00. The number of amides is 1. The first-order valence-corrected chi connectivity index (χ1v) is 6.94. The molecule has 1 aliphatic carbocycles. The number of aliphatic carboxylic acids is 1. The van der Waals surface area contributed by atoms with Crippen molar-refractivity contribution in [2.45, 2.75) is 18.8 Å². The summed E-state index contributed by atoms with van der Waals surface area (Å²) in [6.07, 6.45) is 1.09. The molecule has 0 bridgehead atoms. The highest BCUT2D eigenvalue weighted by molar-refractivity contribution is 5.84. The number of halogens is 2. The maximum Gasteiger partial charge on any atom is 0.308 e. The molecule has 3 atom stereocenters. The quantitative estimate of drug-likeness (QED) is 0.928. The van der Waals surface area contributed by atoms with Gasteiger partial charge in [0.05, 0.1) is 5.92 Å². The lowest BCUT2D eigenvalue weighted by Crippen LogP contribution is -2.31. The van der Waals surface area contributed by atoms with Crippen LogP contribution in [-0.2, 0) is 9.59 Å². The van der Waals surface area contributed by atoms with Gasteiger partial charge in [0.2, 0.25) is 5.91 Å². The molecule has 1 N–H and O–H groups in total. The summed E-state index contributed by atoms with van der Waals surface area (Å²) in [4.78, 5) is 24.7. The molecule has 112 valence electrons. The fourth-order valence-electron chi connectivity index (χ4n) is 2.98. The van der Waals surface area contributed by atoms with Gasteiger partial charge in [-0.2, -0.15) is 0 Å². The Morgan fingerprint density at radius 2 is 2.00 bits per heavy atom. The monoisotopic (exact) mass is 295 g/mol. The van der Waals surface area contributed by atoms with Crippen molar-refractivity contribution in [3.8, 4) is 0 Å². The number of carbonyl (C=O) groups excluding carboxylic acids is 1. The van der Waals surface area contributed by atoms with E-state index in [1.807, 2.05) is 0 Å². The van der Waals surface area contributed by atoms with Crippen LogP contribution in [0.3, 0.4) is 0 Å². The normalized spacial score (nSPS) is 27.7. The van der Waals surface area contributed by atoms with Gasteiger partial charge in [-0.25, -0.2) is 8.78 Å². The van der Waals surface area contributed by atoms with Crippen molar-refractivity contribution in [3.63, 3.8) is 0 Å². The number of hydrogen-bond donors (Lipinski definition) is 1. The van der Waals surface area contributed by atoms with Gasteiger partial charge in [0, 0.05) is 19.0 Å². The number of hydrogen-bond acceptors (Lipinski definition) is 2. The highest BCUT2D eigenvalue weighted by Crippen LogP contribution is 2.49. The Balaban J connectivity index is 1.64. The minimum Gasteiger partial charge on any atom is -0.481 e. The van der Waals surface area contributed by atoms with Crippen molar-refractivity contribution in [2.24, 2.45) is 11.8 Å². The van der Waals surface area contributed by atoms with E-state index in [1.54, 1.807) is 4.90 Å². The first kappa shape index (κ1) is 14.0. The zero-order chi connectivity index (χ0) is 15.1. The summed E-state index contributed by atoms with van der Waals surface area (Å²) in [5, 5.41) is 8.94. The van der Waals surface area contributed by atoms with Gasteiger partial charge in [0.15, 0.2) is 11.6 Å². The number of carboxylic acid groups (broad SMARTS) is 1. The van der Waals surface area contributed by atoms with Crippen LogP contribution in [0.15, 0.2) is 18.2 Å². The fourth-order valence-corrected chi connectivity index (χ4v) is 2.98. The summed E-state index contributed by atoms with van der Waals surface area (Å²) in [6.45, 7) is 0.700. The molecule has 6 heteroatoms. The van der Waals surface area contributed by atoms with E-state index >= 15 is 0 Å². The van der Waals surface area contributed by atoms with Crippen LogP contribution >= 0.6 is 0 Å². The molecular weight excluding hydrogens is 280 g/mol. The van der Waals surface area contributed by atoms with E-state index in [2.05, 4.69) is 0 Å². The molecule has 2 aliphatic rings. The molecule has 1 aliphatic heterocycles. The van der Waals surface area contributed by atoms with Crippen molar-refractivity contribution >= 4 is 11.9 Å². The number of carboxylic acids is 1. The van der Waals surface area contributed by atoms with Crippen molar-refractivity contribution < 1.29 is 23.5 Å². The first-order chi connectivity index (χ1) is 9.97. The molecule has 1 saturated heterocycles. The standard InChI is InChI=1S/C15H15F2NO3/c16-12-2-1-8(5-13(12)17)10-6-11(10)14(19)18-4-3-9(7-18)15(20)21/h1-2,5,9-11H,3-4,6-7H2,(H,20,21)/t9-,10-,11-/m1/s1. The van der Waals surface area contributed by atoms with Gasteiger partial charge in [-0.15, -0.1) is 0 Å². The smallest absolute Gasteiger partial charge is 0.308 e. The maximum absolute atomic E-state index is 13.2.